The van der Waals surface area contributed by atoms with Gasteiger partial charge in [-0.25, -0.2) is 0 Å². The van der Waals surface area contributed by atoms with Crippen molar-refractivity contribution in [2.45, 2.75) is 31.5 Å². The number of carbonyl (C=O) groups excluding carboxylic acids is 3. The van der Waals surface area contributed by atoms with Crippen LogP contribution >= 0.6 is 0 Å². The third-order valence-electron chi connectivity index (χ3n) is 4.61. The summed E-state index contributed by atoms with van der Waals surface area (Å²) in [6.07, 6.45) is 1.02. The molecular formula is C24H28O7. The molecule has 166 valence electrons. The van der Waals surface area contributed by atoms with E-state index in [1.807, 2.05) is 12.1 Å². The lowest BCUT2D eigenvalue weighted by Gasteiger charge is -2.33. The van der Waals surface area contributed by atoms with Gasteiger partial charge in [-0.3, -0.25) is 14.4 Å². The van der Waals surface area contributed by atoms with Gasteiger partial charge >= 0.3 is 11.9 Å². The van der Waals surface area contributed by atoms with Crippen molar-refractivity contribution in [3.05, 3.63) is 71.8 Å². The number of ether oxygens (including phenoxy) is 4. The zero-order valence-corrected chi connectivity index (χ0v) is 17.9. The van der Waals surface area contributed by atoms with Crippen LogP contribution in [0.2, 0.25) is 0 Å². The maximum atomic E-state index is 13.6. The highest BCUT2D eigenvalue weighted by Crippen LogP contribution is 2.32. The predicted octanol–water partition coefficient (Wildman–Crippen LogP) is 3.66. The number of esters is 2. The summed E-state index contributed by atoms with van der Waals surface area (Å²) in [5.74, 6) is -2.80. The lowest BCUT2D eigenvalue weighted by Crippen LogP contribution is -2.42. The van der Waals surface area contributed by atoms with Crippen molar-refractivity contribution in [1.82, 2.24) is 0 Å². The number of ketones is 1. The van der Waals surface area contributed by atoms with Crippen LogP contribution in [0.4, 0.5) is 0 Å². The van der Waals surface area contributed by atoms with Crippen molar-refractivity contribution in [1.29, 1.82) is 0 Å². The summed E-state index contributed by atoms with van der Waals surface area (Å²) in [6.45, 7) is 0.194. The van der Waals surface area contributed by atoms with E-state index < -0.39 is 5.79 Å². The Morgan fingerprint density at radius 2 is 1.16 bits per heavy atom. The van der Waals surface area contributed by atoms with Gasteiger partial charge in [0.2, 0.25) is 5.78 Å². The summed E-state index contributed by atoms with van der Waals surface area (Å²) >= 11 is 0. The first-order valence-corrected chi connectivity index (χ1v) is 10.1. The molecule has 0 heterocycles. The predicted molar refractivity (Wildman–Crippen MR) is 113 cm³/mol. The number of methoxy groups -OCH3 is 2. The van der Waals surface area contributed by atoms with E-state index >= 15 is 0 Å². The van der Waals surface area contributed by atoms with Gasteiger partial charge in [0.1, 0.15) is 0 Å². The van der Waals surface area contributed by atoms with Crippen LogP contribution < -0.4 is 0 Å². The summed E-state index contributed by atoms with van der Waals surface area (Å²) < 4.78 is 21.4. The van der Waals surface area contributed by atoms with Crippen LogP contribution in [0.3, 0.4) is 0 Å². The van der Waals surface area contributed by atoms with Crippen LogP contribution in [-0.4, -0.2) is 45.2 Å². The van der Waals surface area contributed by atoms with Crippen molar-refractivity contribution in [3.63, 3.8) is 0 Å². The van der Waals surface area contributed by atoms with Crippen LogP contribution in [-0.2, 0) is 34.3 Å². The van der Waals surface area contributed by atoms with Crippen LogP contribution in [0.5, 0.6) is 0 Å². The molecule has 0 unspecified atom stereocenters. The third kappa shape index (κ3) is 7.01. The highest BCUT2D eigenvalue weighted by Gasteiger charge is 2.43. The van der Waals surface area contributed by atoms with Crippen LogP contribution in [0, 0.1) is 0 Å². The molecule has 0 saturated carbocycles. The van der Waals surface area contributed by atoms with Crippen LogP contribution in [0.25, 0.3) is 0 Å². The zero-order valence-electron chi connectivity index (χ0n) is 17.9. The highest BCUT2D eigenvalue weighted by molar-refractivity contribution is 6.02. The van der Waals surface area contributed by atoms with Gasteiger partial charge in [-0.2, -0.15) is 0 Å². The van der Waals surface area contributed by atoms with Crippen molar-refractivity contribution in [2.24, 2.45) is 0 Å². The fourth-order valence-corrected chi connectivity index (χ4v) is 2.98. The molecule has 0 radical (unpaired) electrons. The SMILES string of the molecule is COC(=O)CCCOC(OCCCC(=O)OC)(C(=O)c1ccccc1)c1ccccc1. The van der Waals surface area contributed by atoms with E-state index in [2.05, 4.69) is 9.47 Å². The maximum absolute atomic E-state index is 13.6. The molecule has 7 heteroatoms. The monoisotopic (exact) mass is 428 g/mol. The molecule has 2 aromatic rings. The Balaban J connectivity index is 2.30. The van der Waals surface area contributed by atoms with Crippen LogP contribution in [0.1, 0.15) is 41.6 Å². The van der Waals surface area contributed by atoms with E-state index in [0.29, 0.717) is 24.0 Å². The topological polar surface area (TPSA) is 88.1 Å². The molecule has 0 atom stereocenters. The second-order valence-corrected chi connectivity index (χ2v) is 6.73. The van der Waals surface area contributed by atoms with Gasteiger partial charge < -0.3 is 18.9 Å². The van der Waals surface area contributed by atoms with Crippen LogP contribution in [0.15, 0.2) is 60.7 Å². The molecule has 0 spiro atoms. The van der Waals surface area contributed by atoms with Gasteiger partial charge in [-0.1, -0.05) is 60.7 Å². The second-order valence-electron chi connectivity index (χ2n) is 6.73. The normalized spacial score (nSPS) is 11.0. The lowest BCUT2D eigenvalue weighted by molar-refractivity contribution is -0.211. The van der Waals surface area contributed by atoms with Crippen molar-refractivity contribution >= 4 is 17.7 Å². The minimum Gasteiger partial charge on any atom is -0.469 e. The number of Topliss-reactive ketones (excluding diaryl/α,β-unsaturated/α-hetero) is 1. The Kier molecular flexibility index (Phi) is 9.87. The van der Waals surface area contributed by atoms with E-state index in [1.165, 1.54) is 14.2 Å². The molecule has 0 fully saturated rings. The van der Waals surface area contributed by atoms with Gasteiger partial charge in [0.25, 0.3) is 5.79 Å². The molecule has 0 aliphatic rings. The molecule has 0 N–H and O–H groups in total. The van der Waals surface area contributed by atoms with Gasteiger partial charge in [0.05, 0.1) is 27.4 Å². The number of hydrogen-bond acceptors (Lipinski definition) is 7. The Morgan fingerprint density at radius 3 is 1.61 bits per heavy atom. The highest BCUT2D eigenvalue weighted by atomic mass is 16.7. The number of carbonyl (C=O) groups is 3. The second kappa shape index (κ2) is 12.6. The standard InChI is InChI=1S/C24H28O7/c1-28-21(25)15-9-17-30-24(20-13-7-4-8-14-20,31-18-10-16-22(26)29-2)23(27)19-11-5-3-6-12-19/h3-8,11-14H,9-10,15-18H2,1-2H3. The van der Waals surface area contributed by atoms with E-state index in [1.54, 1.807) is 48.5 Å². The van der Waals surface area contributed by atoms with Gasteiger partial charge in [0, 0.05) is 24.0 Å². The van der Waals surface area contributed by atoms with E-state index in [-0.39, 0.29) is 43.8 Å². The van der Waals surface area contributed by atoms with Gasteiger partial charge in [-0.05, 0) is 12.8 Å². The zero-order chi connectivity index (χ0) is 22.5. The first-order chi connectivity index (χ1) is 15.0. The summed E-state index contributed by atoms with van der Waals surface area (Å²) in [6, 6.07) is 17.6. The molecule has 0 aliphatic heterocycles. The first kappa shape index (κ1) is 24.2. The van der Waals surface area contributed by atoms with E-state index in [4.69, 9.17) is 9.47 Å². The Morgan fingerprint density at radius 1 is 0.710 bits per heavy atom. The Bertz CT molecular complexity index is 810. The largest absolute Gasteiger partial charge is 0.469 e. The van der Waals surface area contributed by atoms with Gasteiger partial charge in [-0.15, -0.1) is 0 Å². The Labute approximate surface area is 182 Å². The molecule has 2 aromatic carbocycles. The van der Waals surface area contributed by atoms with Crippen molar-refractivity contribution in [2.75, 3.05) is 27.4 Å². The fraction of sp³-hybridized carbons (Fsp3) is 0.375. The summed E-state index contributed by atoms with van der Waals surface area (Å²) in [7, 11) is 2.64. The summed E-state index contributed by atoms with van der Waals surface area (Å²) in [4.78, 5) is 36.5. The fourth-order valence-electron chi connectivity index (χ4n) is 2.98. The molecule has 0 amide bonds. The molecule has 31 heavy (non-hydrogen) atoms. The molecular weight excluding hydrogens is 400 g/mol. The summed E-state index contributed by atoms with van der Waals surface area (Å²) in [5.41, 5.74) is 0.951. The van der Waals surface area contributed by atoms with E-state index in [9.17, 15) is 14.4 Å². The molecule has 0 saturated heterocycles. The minimum atomic E-state index is -1.71. The maximum Gasteiger partial charge on any atom is 0.305 e. The molecule has 7 nitrogen and oxygen atoms in total. The minimum absolute atomic E-state index is 0.0968. The molecule has 0 aliphatic carbocycles. The quantitative estimate of drug-likeness (QED) is 0.208. The number of hydrogen-bond donors (Lipinski definition) is 0. The third-order valence-corrected chi connectivity index (χ3v) is 4.61. The smallest absolute Gasteiger partial charge is 0.305 e. The van der Waals surface area contributed by atoms with Gasteiger partial charge in [0.15, 0.2) is 0 Å². The lowest BCUT2D eigenvalue weighted by atomic mass is 9.95. The number of benzene rings is 2. The van der Waals surface area contributed by atoms with E-state index in [0.717, 1.165) is 0 Å². The molecule has 0 aromatic heterocycles. The first-order valence-electron chi connectivity index (χ1n) is 10.1. The molecule has 2 rings (SSSR count). The number of rotatable bonds is 13. The average Bonchev–Trinajstić information content (AvgIpc) is 2.83. The Hall–Kier alpha value is -3.03. The van der Waals surface area contributed by atoms with Crippen molar-refractivity contribution < 1.29 is 33.3 Å². The average molecular weight is 428 g/mol. The summed E-state index contributed by atoms with van der Waals surface area (Å²) in [5, 5.41) is 0. The molecule has 0 bridgehead atoms. The van der Waals surface area contributed by atoms with Crippen molar-refractivity contribution in [3.8, 4) is 0 Å².